The van der Waals surface area contributed by atoms with Crippen LogP contribution in [0.25, 0.3) is 0 Å². The molecule has 0 aliphatic rings. The quantitative estimate of drug-likeness (QED) is 0.451. The molecule has 150 valence electrons. The highest BCUT2D eigenvalue weighted by Gasteiger charge is 2.24. The van der Waals surface area contributed by atoms with Crippen LogP contribution >= 0.6 is 0 Å². The van der Waals surface area contributed by atoms with E-state index in [1.165, 1.54) is 100 Å². The van der Waals surface area contributed by atoms with Crippen LogP contribution in [-0.2, 0) is 0 Å². The Morgan fingerprint density at radius 3 is 1.54 bits per heavy atom. The van der Waals surface area contributed by atoms with Gasteiger partial charge in [-0.2, -0.15) is 0 Å². The molecule has 0 spiro atoms. The van der Waals surface area contributed by atoms with Gasteiger partial charge in [0.25, 0.3) is 0 Å². The number of aromatic carboxylic acids is 1. The van der Waals surface area contributed by atoms with Gasteiger partial charge in [-0.25, -0.2) is 4.79 Å². The summed E-state index contributed by atoms with van der Waals surface area (Å²) < 4.78 is 1.42. The van der Waals surface area contributed by atoms with Gasteiger partial charge >= 0.3 is 5.97 Å². The zero-order valence-corrected chi connectivity index (χ0v) is 17.5. The number of hydrogen-bond donors (Lipinski definition) is 1. The predicted octanol–water partition coefficient (Wildman–Crippen LogP) is 5.78. The molecule has 1 rings (SSSR count). The molecule has 0 amide bonds. The first kappa shape index (κ1) is 24.6. The second-order valence-corrected chi connectivity index (χ2v) is 7.20. The predicted molar refractivity (Wildman–Crippen MR) is 111 cm³/mol. The number of unbranched alkanes of at least 4 members (excludes halogenated alkanes) is 4. The van der Waals surface area contributed by atoms with Gasteiger partial charge in [-0.1, -0.05) is 53.4 Å². The molecule has 1 aromatic rings. The van der Waals surface area contributed by atoms with Crippen molar-refractivity contribution in [1.29, 1.82) is 0 Å². The van der Waals surface area contributed by atoms with Crippen molar-refractivity contribution in [2.24, 2.45) is 0 Å². The van der Waals surface area contributed by atoms with Crippen molar-refractivity contribution >= 4 is 5.97 Å². The summed E-state index contributed by atoms with van der Waals surface area (Å²) >= 11 is 0. The first-order chi connectivity index (χ1) is 12.5. The highest BCUT2D eigenvalue weighted by Crippen LogP contribution is 2.16. The van der Waals surface area contributed by atoms with E-state index in [1.54, 1.807) is 6.07 Å². The number of hydrogen-bond acceptors (Lipinski definition) is 2. The zero-order valence-electron chi connectivity index (χ0n) is 17.5. The third-order valence-corrected chi connectivity index (χ3v) is 4.85. The lowest BCUT2D eigenvalue weighted by Crippen LogP contribution is -2.50. The summed E-state index contributed by atoms with van der Waals surface area (Å²) in [5, 5.41) is 8.34. The summed E-state index contributed by atoms with van der Waals surface area (Å²) in [6.45, 7) is 15.0. The molecule has 4 nitrogen and oxygen atoms in total. The van der Waals surface area contributed by atoms with Crippen molar-refractivity contribution in [3.63, 3.8) is 0 Å². The van der Waals surface area contributed by atoms with E-state index in [9.17, 15) is 4.79 Å². The number of carbonyl (C=O) groups is 1. The van der Waals surface area contributed by atoms with Crippen LogP contribution in [0.4, 0.5) is 0 Å². The van der Waals surface area contributed by atoms with Crippen LogP contribution in [0.2, 0.25) is 0 Å². The molecule has 0 saturated carbocycles. The van der Waals surface area contributed by atoms with Crippen LogP contribution in [0, 0.1) is 0 Å². The van der Waals surface area contributed by atoms with Crippen LogP contribution in [-0.4, -0.2) is 46.7 Å². The van der Waals surface area contributed by atoms with E-state index < -0.39 is 5.97 Å². The van der Waals surface area contributed by atoms with Crippen LogP contribution in [0.1, 0.15) is 89.4 Å². The van der Waals surface area contributed by atoms with Gasteiger partial charge in [0.1, 0.15) is 0 Å². The summed E-state index contributed by atoms with van der Waals surface area (Å²) in [5.41, 5.74) is 0.220. The Morgan fingerprint density at radius 2 is 1.31 bits per heavy atom. The zero-order chi connectivity index (χ0) is 19.7. The Hall–Kier alpha value is -1.42. The molecule has 0 bridgehead atoms. The minimum absolute atomic E-state index is 0.220. The number of quaternary nitrogens is 1. The summed E-state index contributed by atoms with van der Waals surface area (Å²) in [6, 6.07) is 3.08. The molecule has 0 fully saturated rings. The van der Waals surface area contributed by atoms with E-state index in [0.717, 1.165) is 0 Å². The Morgan fingerprint density at radius 1 is 0.885 bits per heavy atom. The van der Waals surface area contributed by atoms with Crippen molar-refractivity contribution < 1.29 is 14.4 Å². The van der Waals surface area contributed by atoms with E-state index in [0.29, 0.717) is 0 Å². The van der Waals surface area contributed by atoms with Crippen molar-refractivity contribution in [2.75, 3.05) is 26.2 Å². The number of pyridine rings is 1. The largest absolute Gasteiger partial charge is 0.478 e. The molecular formula is C22H41N2O2+. The monoisotopic (exact) mass is 365 g/mol. The highest BCUT2D eigenvalue weighted by atomic mass is 16.4. The number of aromatic nitrogens is 1. The van der Waals surface area contributed by atoms with Crippen LogP contribution in [0.15, 0.2) is 24.5 Å². The standard InChI is InChI=1S/C16H36N.C6H5NO2/c1-5-9-13-17(14-10-6-2,15-11-7-3)16-12-8-4;8-6(9)5-2-1-3-7-4-5/h5-16H2,1-4H3;1-4H,(H,8,9)/q+1;. The Labute approximate surface area is 161 Å². The van der Waals surface area contributed by atoms with Gasteiger partial charge in [0.05, 0.1) is 31.7 Å². The number of nitrogens with zero attached hydrogens (tertiary/aromatic N) is 2. The maximum absolute atomic E-state index is 10.2. The van der Waals surface area contributed by atoms with Gasteiger partial charge in [0, 0.05) is 12.4 Å². The van der Waals surface area contributed by atoms with Gasteiger partial charge < -0.3 is 9.59 Å². The number of carboxylic acid groups (broad SMARTS) is 1. The van der Waals surface area contributed by atoms with Crippen LogP contribution < -0.4 is 0 Å². The SMILES string of the molecule is CCCC[N+](CCCC)(CCCC)CCCC.O=C(O)c1cccnc1. The van der Waals surface area contributed by atoms with Crippen LogP contribution in [0.3, 0.4) is 0 Å². The molecule has 0 unspecified atom stereocenters. The minimum Gasteiger partial charge on any atom is -0.478 e. The van der Waals surface area contributed by atoms with Gasteiger partial charge in [-0.3, -0.25) is 4.98 Å². The molecule has 0 saturated heterocycles. The summed E-state index contributed by atoms with van der Waals surface area (Å²) in [6.07, 6.45) is 13.9. The third kappa shape index (κ3) is 11.2. The molecule has 0 radical (unpaired) electrons. The van der Waals surface area contributed by atoms with Gasteiger partial charge in [-0.05, 0) is 37.8 Å². The second kappa shape index (κ2) is 15.8. The lowest BCUT2D eigenvalue weighted by molar-refractivity contribution is -0.929. The van der Waals surface area contributed by atoms with E-state index in [2.05, 4.69) is 32.7 Å². The minimum atomic E-state index is -0.942. The maximum Gasteiger partial charge on any atom is 0.337 e. The smallest absolute Gasteiger partial charge is 0.337 e. The average Bonchev–Trinajstić information content (AvgIpc) is 2.68. The molecular weight excluding hydrogens is 324 g/mol. The van der Waals surface area contributed by atoms with Crippen molar-refractivity contribution in [1.82, 2.24) is 4.98 Å². The lowest BCUT2D eigenvalue weighted by atomic mass is 10.1. The Bertz CT molecular complexity index is 411. The number of carboxylic acids is 1. The molecule has 1 aromatic heterocycles. The number of rotatable bonds is 13. The van der Waals surface area contributed by atoms with E-state index in [1.807, 2.05) is 0 Å². The third-order valence-electron chi connectivity index (χ3n) is 4.85. The summed E-state index contributed by atoms with van der Waals surface area (Å²) in [7, 11) is 0. The second-order valence-electron chi connectivity index (χ2n) is 7.20. The fraction of sp³-hybridized carbons (Fsp3) is 0.727. The lowest BCUT2D eigenvalue weighted by Gasteiger charge is -2.39. The van der Waals surface area contributed by atoms with Crippen LogP contribution in [0.5, 0.6) is 0 Å². The van der Waals surface area contributed by atoms with E-state index in [4.69, 9.17) is 5.11 Å². The molecule has 1 N–H and O–H groups in total. The molecule has 0 aromatic carbocycles. The van der Waals surface area contributed by atoms with E-state index >= 15 is 0 Å². The average molecular weight is 366 g/mol. The fourth-order valence-corrected chi connectivity index (χ4v) is 3.13. The molecule has 4 heteroatoms. The first-order valence-corrected chi connectivity index (χ1v) is 10.5. The summed E-state index contributed by atoms with van der Waals surface area (Å²) in [5.74, 6) is -0.942. The van der Waals surface area contributed by atoms with E-state index in [-0.39, 0.29) is 5.56 Å². The highest BCUT2D eigenvalue weighted by molar-refractivity contribution is 5.86. The Balaban J connectivity index is 0.000000577. The Kier molecular flexibility index (Phi) is 14.9. The van der Waals surface area contributed by atoms with Crippen molar-refractivity contribution in [2.45, 2.75) is 79.1 Å². The van der Waals surface area contributed by atoms with Gasteiger partial charge in [-0.15, -0.1) is 0 Å². The van der Waals surface area contributed by atoms with Gasteiger partial charge in [0.2, 0.25) is 0 Å². The summed E-state index contributed by atoms with van der Waals surface area (Å²) in [4.78, 5) is 13.8. The maximum atomic E-state index is 10.2. The molecule has 0 atom stereocenters. The first-order valence-electron chi connectivity index (χ1n) is 10.5. The molecule has 0 aliphatic heterocycles. The molecule has 1 heterocycles. The van der Waals surface area contributed by atoms with Crippen molar-refractivity contribution in [3.05, 3.63) is 30.1 Å². The topological polar surface area (TPSA) is 50.2 Å². The molecule has 26 heavy (non-hydrogen) atoms. The molecule has 0 aliphatic carbocycles. The van der Waals surface area contributed by atoms with Gasteiger partial charge in [0.15, 0.2) is 0 Å². The van der Waals surface area contributed by atoms with Crippen molar-refractivity contribution in [3.8, 4) is 0 Å². The normalized spacial score (nSPS) is 10.9. The fourth-order valence-electron chi connectivity index (χ4n) is 3.13.